The Morgan fingerprint density at radius 2 is 1.61 bits per heavy atom. The topological polar surface area (TPSA) is 55.4 Å². The van der Waals surface area contributed by atoms with Crippen LogP contribution in [0.5, 0.6) is 0 Å². The molecule has 1 N–H and O–H groups in total. The summed E-state index contributed by atoms with van der Waals surface area (Å²) in [5, 5.41) is 2.82. The van der Waals surface area contributed by atoms with Gasteiger partial charge < -0.3 is 10.1 Å². The van der Waals surface area contributed by atoms with Crippen molar-refractivity contribution in [2.24, 2.45) is 0 Å². The zero-order valence-corrected chi connectivity index (χ0v) is 12.8. The number of hydrogen-bond acceptors (Lipinski definition) is 3. The van der Waals surface area contributed by atoms with Gasteiger partial charge >= 0.3 is 5.97 Å². The van der Waals surface area contributed by atoms with Gasteiger partial charge in [0.15, 0.2) is 0 Å². The Kier molecular flexibility index (Phi) is 5.86. The van der Waals surface area contributed by atoms with Crippen molar-refractivity contribution >= 4 is 11.9 Å². The molecule has 0 aliphatic rings. The fourth-order valence-electron chi connectivity index (χ4n) is 2.12. The maximum atomic E-state index is 12.8. The Morgan fingerprint density at radius 3 is 2.22 bits per heavy atom. The van der Waals surface area contributed by atoms with Crippen molar-refractivity contribution in [3.63, 3.8) is 0 Å². The van der Waals surface area contributed by atoms with E-state index in [1.165, 1.54) is 19.2 Å². The van der Waals surface area contributed by atoms with Crippen molar-refractivity contribution in [1.82, 2.24) is 5.32 Å². The average Bonchev–Trinajstić information content (AvgIpc) is 2.57. The molecule has 0 saturated heterocycles. The summed E-state index contributed by atoms with van der Waals surface area (Å²) in [6, 6.07) is 12.9. The van der Waals surface area contributed by atoms with E-state index in [9.17, 15) is 14.0 Å². The van der Waals surface area contributed by atoms with Gasteiger partial charge in [-0.2, -0.15) is 0 Å². The number of methoxy groups -OCH3 is 1. The van der Waals surface area contributed by atoms with Gasteiger partial charge in [-0.3, -0.25) is 4.79 Å². The second-order valence-corrected chi connectivity index (χ2v) is 5.09. The zero-order valence-electron chi connectivity index (χ0n) is 12.8. The molecule has 120 valence electrons. The van der Waals surface area contributed by atoms with Crippen LogP contribution in [0, 0.1) is 5.82 Å². The van der Waals surface area contributed by atoms with Gasteiger partial charge in [-0.05, 0) is 41.8 Å². The van der Waals surface area contributed by atoms with Crippen molar-refractivity contribution in [2.45, 2.75) is 12.8 Å². The van der Waals surface area contributed by atoms with Crippen LogP contribution in [0.25, 0.3) is 0 Å². The molecule has 0 unspecified atom stereocenters. The number of hydrogen-bond donors (Lipinski definition) is 1. The molecule has 0 heterocycles. The van der Waals surface area contributed by atoms with Gasteiger partial charge in [0, 0.05) is 6.54 Å². The highest BCUT2D eigenvalue weighted by molar-refractivity contribution is 5.89. The molecule has 0 radical (unpaired) electrons. The molecule has 23 heavy (non-hydrogen) atoms. The SMILES string of the molecule is COC(=O)c1ccc(CCNC(=O)Cc2ccc(F)cc2)cc1. The van der Waals surface area contributed by atoms with Crippen LogP contribution in [0.15, 0.2) is 48.5 Å². The first kappa shape index (κ1) is 16.7. The van der Waals surface area contributed by atoms with Crippen LogP contribution in [0.3, 0.4) is 0 Å². The molecule has 0 aliphatic heterocycles. The summed E-state index contributed by atoms with van der Waals surface area (Å²) in [5.41, 5.74) is 2.28. The van der Waals surface area contributed by atoms with Crippen LogP contribution < -0.4 is 5.32 Å². The van der Waals surface area contributed by atoms with Gasteiger partial charge in [-0.25, -0.2) is 9.18 Å². The Morgan fingerprint density at radius 1 is 1.00 bits per heavy atom. The molecule has 4 nitrogen and oxygen atoms in total. The van der Waals surface area contributed by atoms with E-state index in [4.69, 9.17) is 0 Å². The number of halogens is 1. The van der Waals surface area contributed by atoms with Crippen molar-refractivity contribution in [1.29, 1.82) is 0 Å². The summed E-state index contributed by atoms with van der Waals surface area (Å²) < 4.78 is 17.4. The molecule has 0 aliphatic carbocycles. The predicted octanol–water partition coefficient (Wildman–Crippen LogP) is 2.51. The van der Waals surface area contributed by atoms with Crippen molar-refractivity contribution in [3.05, 3.63) is 71.0 Å². The number of nitrogens with one attached hydrogen (secondary N) is 1. The maximum absolute atomic E-state index is 12.8. The highest BCUT2D eigenvalue weighted by Gasteiger charge is 2.05. The Hall–Kier alpha value is -2.69. The first-order valence-corrected chi connectivity index (χ1v) is 7.27. The van der Waals surface area contributed by atoms with Crippen LogP contribution in [-0.2, 0) is 22.4 Å². The Labute approximate surface area is 134 Å². The maximum Gasteiger partial charge on any atom is 0.337 e. The summed E-state index contributed by atoms with van der Waals surface area (Å²) >= 11 is 0. The van der Waals surface area contributed by atoms with Gasteiger partial charge in [0.2, 0.25) is 5.91 Å². The van der Waals surface area contributed by atoms with Crippen molar-refractivity contribution in [3.8, 4) is 0 Å². The predicted molar refractivity (Wildman–Crippen MR) is 84.6 cm³/mol. The standard InChI is InChI=1S/C18H18FNO3/c1-23-18(22)15-6-2-13(3-7-15)10-11-20-17(21)12-14-4-8-16(19)9-5-14/h2-9H,10-12H2,1H3,(H,20,21). The van der Waals surface area contributed by atoms with Gasteiger partial charge in [-0.15, -0.1) is 0 Å². The molecule has 0 atom stereocenters. The second kappa shape index (κ2) is 8.08. The smallest absolute Gasteiger partial charge is 0.337 e. The van der Waals surface area contributed by atoms with Crippen LogP contribution in [0.4, 0.5) is 4.39 Å². The lowest BCUT2D eigenvalue weighted by Gasteiger charge is -2.06. The summed E-state index contributed by atoms with van der Waals surface area (Å²) in [7, 11) is 1.34. The molecule has 0 fully saturated rings. The summed E-state index contributed by atoms with van der Waals surface area (Å²) in [6.45, 7) is 0.498. The van der Waals surface area contributed by atoms with Crippen molar-refractivity contribution in [2.75, 3.05) is 13.7 Å². The fraction of sp³-hybridized carbons (Fsp3) is 0.222. The number of benzene rings is 2. The van der Waals surface area contributed by atoms with Gasteiger partial charge in [0.1, 0.15) is 5.82 Å². The van der Waals surface area contributed by atoms with E-state index in [-0.39, 0.29) is 24.1 Å². The molecule has 0 spiro atoms. The van der Waals surface area contributed by atoms with E-state index in [1.807, 2.05) is 12.1 Å². The van der Waals surface area contributed by atoms with Gasteiger partial charge in [0.05, 0.1) is 19.1 Å². The number of carbonyl (C=O) groups excluding carboxylic acids is 2. The quantitative estimate of drug-likeness (QED) is 0.833. The molecular formula is C18H18FNO3. The lowest BCUT2D eigenvalue weighted by Crippen LogP contribution is -2.27. The van der Waals surface area contributed by atoms with Crippen LogP contribution >= 0.6 is 0 Å². The molecule has 2 rings (SSSR count). The number of amides is 1. The van der Waals surface area contributed by atoms with Gasteiger partial charge in [0.25, 0.3) is 0 Å². The van der Waals surface area contributed by atoms with E-state index < -0.39 is 0 Å². The largest absolute Gasteiger partial charge is 0.465 e. The van der Waals surface area contributed by atoms with E-state index in [0.29, 0.717) is 18.5 Å². The Bertz CT molecular complexity index is 666. The Balaban J connectivity index is 1.77. The summed E-state index contributed by atoms with van der Waals surface area (Å²) in [5.74, 6) is -0.795. The normalized spacial score (nSPS) is 10.2. The fourth-order valence-corrected chi connectivity index (χ4v) is 2.12. The number of rotatable bonds is 6. The third-order valence-electron chi connectivity index (χ3n) is 3.39. The molecule has 1 amide bonds. The first-order chi connectivity index (χ1) is 11.1. The molecule has 2 aromatic carbocycles. The van der Waals surface area contributed by atoms with Crippen molar-refractivity contribution < 1.29 is 18.7 Å². The first-order valence-electron chi connectivity index (χ1n) is 7.27. The lowest BCUT2D eigenvalue weighted by molar-refractivity contribution is -0.120. The minimum atomic E-state index is -0.371. The molecule has 0 aromatic heterocycles. The van der Waals surface area contributed by atoms with Gasteiger partial charge in [-0.1, -0.05) is 24.3 Å². The zero-order chi connectivity index (χ0) is 16.7. The summed E-state index contributed by atoms with van der Waals surface area (Å²) in [6.07, 6.45) is 0.887. The molecule has 2 aromatic rings. The van der Waals surface area contributed by atoms with E-state index in [2.05, 4.69) is 10.1 Å². The highest BCUT2D eigenvalue weighted by atomic mass is 19.1. The number of carbonyl (C=O) groups is 2. The molecule has 5 heteroatoms. The monoisotopic (exact) mass is 315 g/mol. The lowest BCUT2D eigenvalue weighted by atomic mass is 10.1. The number of ether oxygens (including phenoxy) is 1. The van der Waals surface area contributed by atoms with Crippen LogP contribution in [0.2, 0.25) is 0 Å². The average molecular weight is 315 g/mol. The van der Waals surface area contributed by atoms with E-state index >= 15 is 0 Å². The van der Waals surface area contributed by atoms with E-state index in [0.717, 1.165) is 11.1 Å². The molecule has 0 bridgehead atoms. The third-order valence-corrected chi connectivity index (χ3v) is 3.39. The number of esters is 1. The molecular weight excluding hydrogens is 297 g/mol. The third kappa shape index (κ3) is 5.21. The minimum Gasteiger partial charge on any atom is -0.465 e. The highest BCUT2D eigenvalue weighted by Crippen LogP contribution is 2.06. The van der Waals surface area contributed by atoms with E-state index in [1.54, 1.807) is 24.3 Å². The minimum absolute atomic E-state index is 0.109. The second-order valence-electron chi connectivity index (χ2n) is 5.09. The molecule has 0 saturated carbocycles. The van der Waals surface area contributed by atoms with Crippen LogP contribution in [0.1, 0.15) is 21.5 Å². The summed E-state index contributed by atoms with van der Waals surface area (Å²) in [4.78, 5) is 23.1. The van der Waals surface area contributed by atoms with Crippen LogP contribution in [-0.4, -0.2) is 25.5 Å².